The predicted octanol–water partition coefficient (Wildman–Crippen LogP) is 6.21. The molecule has 0 bridgehead atoms. The summed E-state index contributed by atoms with van der Waals surface area (Å²) in [5.41, 5.74) is 2.56. The lowest BCUT2D eigenvalue weighted by Gasteiger charge is -2.09. The van der Waals surface area contributed by atoms with Crippen molar-refractivity contribution in [2.75, 3.05) is 11.9 Å². The van der Waals surface area contributed by atoms with E-state index < -0.39 is 11.7 Å². The first-order chi connectivity index (χ1) is 13.9. The lowest BCUT2D eigenvalue weighted by Crippen LogP contribution is -2.20. The van der Waals surface area contributed by atoms with Gasteiger partial charge >= 0.3 is 0 Å². The molecule has 0 fully saturated rings. The molecule has 0 aromatic heterocycles. The molecule has 3 rings (SSSR count). The number of nitrogens with zero attached hydrogens (tertiary/aromatic N) is 1. The topological polar surface area (TPSA) is 50.7 Å². The van der Waals surface area contributed by atoms with E-state index in [2.05, 4.69) is 10.3 Å². The highest BCUT2D eigenvalue weighted by molar-refractivity contribution is 6.32. The number of para-hydroxylation sites is 1. The van der Waals surface area contributed by atoms with Crippen LogP contribution in [-0.2, 0) is 4.79 Å². The highest BCUT2D eigenvalue weighted by atomic mass is 35.5. The first-order valence-corrected chi connectivity index (χ1v) is 9.45. The van der Waals surface area contributed by atoms with Crippen molar-refractivity contribution in [2.45, 2.75) is 6.92 Å². The molecule has 0 radical (unpaired) electrons. The van der Waals surface area contributed by atoms with Crippen LogP contribution in [0.3, 0.4) is 0 Å². The Morgan fingerprint density at radius 1 is 1.10 bits per heavy atom. The van der Waals surface area contributed by atoms with Crippen molar-refractivity contribution in [3.63, 3.8) is 0 Å². The zero-order valence-corrected chi connectivity index (χ0v) is 17.0. The lowest BCUT2D eigenvalue weighted by molar-refractivity contribution is -0.118. The van der Waals surface area contributed by atoms with Crippen LogP contribution in [0.15, 0.2) is 65.7 Å². The quantitative estimate of drug-likeness (QED) is 0.472. The van der Waals surface area contributed by atoms with Crippen LogP contribution in [0.2, 0.25) is 10.0 Å². The summed E-state index contributed by atoms with van der Waals surface area (Å²) in [4.78, 5) is 16.3. The molecule has 0 saturated heterocycles. The average molecular weight is 431 g/mol. The van der Waals surface area contributed by atoms with Crippen LogP contribution in [0.1, 0.15) is 11.1 Å². The third-order valence-electron chi connectivity index (χ3n) is 3.98. The second-order valence-corrected chi connectivity index (χ2v) is 7.01. The number of nitrogens with one attached hydrogen (secondary N) is 1. The van der Waals surface area contributed by atoms with Gasteiger partial charge in [-0.05, 0) is 60.5 Å². The Bertz CT molecular complexity index is 1070. The number of halogens is 3. The molecule has 0 spiro atoms. The summed E-state index contributed by atoms with van der Waals surface area (Å²) in [5, 5.41) is 3.42. The molecular formula is C22H17Cl2FN2O2. The number of rotatable bonds is 6. The van der Waals surface area contributed by atoms with Gasteiger partial charge in [0.2, 0.25) is 0 Å². The van der Waals surface area contributed by atoms with E-state index in [4.69, 9.17) is 27.9 Å². The largest absolute Gasteiger partial charge is 0.482 e. The van der Waals surface area contributed by atoms with E-state index in [-0.39, 0.29) is 12.3 Å². The number of amides is 1. The molecule has 0 aliphatic carbocycles. The minimum absolute atomic E-state index is 0.0926. The number of anilines is 1. The summed E-state index contributed by atoms with van der Waals surface area (Å²) in [7, 11) is 0. The van der Waals surface area contributed by atoms with Crippen molar-refractivity contribution < 1.29 is 13.9 Å². The van der Waals surface area contributed by atoms with Crippen molar-refractivity contribution >= 4 is 46.7 Å². The van der Waals surface area contributed by atoms with E-state index in [0.717, 1.165) is 16.8 Å². The Morgan fingerprint density at radius 3 is 2.62 bits per heavy atom. The van der Waals surface area contributed by atoms with Gasteiger partial charge in [0.1, 0.15) is 11.6 Å². The van der Waals surface area contributed by atoms with Crippen molar-refractivity contribution in [1.29, 1.82) is 0 Å². The molecule has 7 heteroatoms. The second-order valence-electron chi connectivity index (χ2n) is 6.20. The molecule has 29 heavy (non-hydrogen) atoms. The highest BCUT2D eigenvalue weighted by Crippen LogP contribution is 2.26. The summed E-state index contributed by atoms with van der Waals surface area (Å²) in [6.07, 6.45) is 1.65. The number of carbonyl (C=O) groups is 1. The number of aryl methyl sites for hydroxylation is 1. The predicted molar refractivity (Wildman–Crippen MR) is 115 cm³/mol. The Balaban J connectivity index is 1.60. The molecule has 0 aliphatic rings. The fourth-order valence-corrected chi connectivity index (χ4v) is 2.84. The van der Waals surface area contributed by atoms with Crippen molar-refractivity contribution in [1.82, 2.24) is 0 Å². The zero-order valence-electron chi connectivity index (χ0n) is 15.5. The smallest absolute Gasteiger partial charge is 0.262 e. The van der Waals surface area contributed by atoms with E-state index in [1.807, 2.05) is 19.1 Å². The van der Waals surface area contributed by atoms with E-state index in [1.54, 1.807) is 42.6 Å². The van der Waals surface area contributed by atoms with Gasteiger partial charge in [0.25, 0.3) is 5.91 Å². The Hall–Kier alpha value is -2.89. The summed E-state index contributed by atoms with van der Waals surface area (Å²) >= 11 is 12.3. The lowest BCUT2D eigenvalue weighted by atomic mass is 10.2. The SMILES string of the molecule is Cc1ccc(N=Cc2ccc(OCC(=O)Nc3ccccc3F)c(Cl)c2)cc1Cl. The fourth-order valence-electron chi connectivity index (χ4n) is 2.42. The summed E-state index contributed by atoms with van der Waals surface area (Å²) in [6, 6.07) is 16.5. The maximum atomic E-state index is 13.6. The third kappa shape index (κ3) is 5.79. The van der Waals surface area contributed by atoms with Gasteiger partial charge < -0.3 is 10.1 Å². The maximum Gasteiger partial charge on any atom is 0.262 e. The number of hydrogen-bond donors (Lipinski definition) is 1. The fraction of sp³-hybridized carbons (Fsp3) is 0.0909. The zero-order chi connectivity index (χ0) is 20.8. The average Bonchev–Trinajstić information content (AvgIpc) is 2.70. The summed E-state index contributed by atoms with van der Waals surface area (Å²) < 4.78 is 19.0. The Labute approximate surface area is 177 Å². The van der Waals surface area contributed by atoms with Gasteiger partial charge in [0.05, 0.1) is 16.4 Å². The molecule has 3 aromatic carbocycles. The normalized spacial score (nSPS) is 10.9. The summed E-state index contributed by atoms with van der Waals surface area (Å²) in [5.74, 6) is -0.670. The van der Waals surface area contributed by atoms with Crippen LogP contribution >= 0.6 is 23.2 Å². The van der Waals surface area contributed by atoms with Crippen LogP contribution in [-0.4, -0.2) is 18.7 Å². The maximum absolute atomic E-state index is 13.6. The number of benzene rings is 3. The number of aliphatic imine (C=N–C) groups is 1. The molecule has 148 valence electrons. The van der Waals surface area contributed by atoms with E-state index >= 15 is 0 Å². The molecule has 1 amide bonds. The third-order valence-corrected chi connectivity index (χ3v) is 4.68. The highest BCUT2D eigenvalue weighted by Gasteiger charge is 2.09. The molecular weight excluding hydrogens is 414 g/mol. The summed E-state index contributed by atoms with van der Waals surface area (Å²) in [6.45, 7) is 1.62. The van der Waals surface area contributed by atoms with Crippen LogP contribution in [0, 0.1) is 12.7 Å². The van der Waals surface area contributed by atoms with Crippen molar-refractivity contribution in [3.05, 3.63) is 87.7 Å². The van der Waals surface area contributed by atoms with Gasteiger partial charge in [-0.2, -0.15) is 0 Å². The molecule has 4 nitrogen and oxygen atoms in total. The van der Waals surface area contributed by atoms with Gasteiger partial charge in [-0.25, -0.2) is 4.39 Å². The Kier molecular flexibility index (Phi) is 6.86. The first-order valence-electron chi connectivity index (χ1n) is 8.69. The van der Waals surface area contributed by atoms with Crippen LogP contribution in [0.25, 0.3) is 0 Å². The van der Waals surface area contributed by atoms with Crippen LogP contribution in [0.5, 0.6) is 5.75 Å². The van der Waals surface area contributed by atoms with Crippen molar-refractivity contribution in [2.24, 2.45) is 4.99 Å². The molecule has 0 heterocycles. The second kappa shape index (κ2) is 9.54. The monoisotopic (exact) mass is 430 g/mol. The van der Waals surface area contributed by atoms with Gasteiger partial charge in [-0.15, -0.1) is 0 Å². The molecule has 0 atom stereocenters. The molecule has 3 aromatic rings. The standard InChI is InChI=1S/C22H17Cl2FN2O2/c1-14-6-8-16(11-17(14)23)26-12-15-7-9-21(18(24)10-15)29-13-22(28)27-20-5-3-2-4-19(20)25/h2-12H,13H2,1H3,(H,27,28). The van der Waals surface area contributed by atoms with E-state index in [0.29, 0.717) is 15.8 Å². The van der Waals surface area contributed by atoms with E-state index in [9.17, 15) is 9.18 Å². The Morgan fingerprint density at radius 2 is 1.90 bits per heavy atom. The molecule has 1 N–H and O–H groups in total. The first kappa shape index (κ1) is 20.8. The molecule has 0 aliphatic heterocycles. The van der Waals surface area contributed by atoms with E-state index in [1.165, 1.54) is 12.1 Å². The minimum atomic E-state index is -0.516. The minimum Gasteiger partial charge on any atom is -0.482 e. The van der Waals surface area contributed by atoms with Gasteiger partial charge in [0, 0.05) is 11.2 Å². The van der Waals surface area contributed by atoms with Gasteiger partial charge in [-0.1, -0.05) is 41.4 Å². The number of carbonyl (C=O) groups excluding carboxylic acids is 1. The van der Waals surface area contributed by atoms with Crippen LogP contribution < -0.4 is 10.1 Å². The number of ether oxygens (including phenoxy) is 1. The number of hydrogen-bond acceptors (Lipinski definition) is 3. The molecule has 0 saturated carbocycles. The van der Waals surface area contributed by atoms with Gasteiger partial charge in [-0.3, -0.25) is 9.79 Å². The van der Waals surface area contributed by atoms with Crippen molar-refractivity contribution in [3.8, 4) is 5.75 Å². The van der Waals surface area contributed by atoms with Crippen LogP contribution in [0.4, 0.5) is 15.8 Å². The molecule has 0 unspecified atom stereocenters. The van der Waals surface area contributed by atoms with Gasteiger partial charge in [0.15, 0.2) is 6.61 Å².